The lowest BCUT2D eigenvalue weighted by molar-refractivity contribution is -0.119. The summed E-state index contributed by atoms with van der Waals surface area (Å²) in [5, 5.41) is 12.5. The van der Waals surface area contributed by atoms with E-state index in [1.165, 1.54) is 22.5 Å². The van der Waals surface area contributed by atoms with Gasteiger partial charge in [0.25, 0.3) is 0 Å². The highest BCUT2D eigenvalue weighted by atomic mass is 32.2. The van der Waals surface area contributed by atoms with Crippen molar-refractivity contribution in [3.05, 3.63) is 42.5 Å². The Balaban J connectivity index is 1.58. The molecule has 0 spiro atoms. The van der Waals surface area contributed by atoms with Crippen molar-refractivity contribution in [2.24, 2.45) is 0 Å². The van der Waals surface area contributed by atoms with Gasteiger partial charge in [-0.2, -0.15) is 4.31 Å². The summed E-state index contributed by atoms with van der Waals surface area (Å²) < 4.78 is 38.4. The zero-order valence-electron chi connectivity index (χ0n) is 15.0. The minimum Gasteiger partial charge on any atom is -0.506 e. The number of hydrogen-bond acceptors (Lipinski definition) is 6. The molecule has 0 bridgehead atoms. The van der Waals surface area contributed by atoms with Crippen molar-refractivity contribution in [1.29, 1.82) is 0 Å². The van der Waals surface area contributed by atoms with Gasteiger partial charge in [-0.1, -0.05) is 12.1 Å². The van der Waals surface area contributed by atoms with Crippen LogP contribution in [0.3, 0.4) is 0 Å². The SMILES string of the molecule is O=C(Nc1ccccc1O)C1CCCN1S(=O)(=O)c1ccc2c(c1)OCCO2. The first-order valence-electron chi connectivity index (χ1n) is 8.97. The average molecular weight is 404 g/mol. The Bertz CT molecular complexity index is 1010. The lowest BCUT2D eigenvalue weighted by atomic mass is 10.2. The maximum atomic E-state index is 13.2. The third-order valence-electron chi connectivity index (χ3n) is 4.79. The summed E-state index contributed by atoms with van der Waals surface area (Å²) in [5.41, 5.74) is 0.246. The van der Waals surface area contributed by atoms with Gasteiger partial charge in [0, 0.05) is 12.6 Å². The van der Waals surface area contributed by atoms with E-state index in [4.69, 9.17) is 9.47 Å². The minimum absolute atomic E-state index is 0.0546. The van der Waals surface area contributed by atoms with E-state index in [1.807, 2.05) is 0 Å². The molecule has 9 heteroatoms. The molecular weight excluding hydrogens is 384 g/mol. The van der Waals surface area contributed by atoms with Gasteiger partial charge in [-0.3, -0.25) is 4.79 Å². The number of anilines is 1. The Morgan fingerprint density at radius 2 is 1.86 bits per heavy atom. The van der Waals surface area contributed by atoms with E-state index in [2.05, 4.69) is 5.32 Å². The van der Waals surface area contributed by atoms with Crippen LogP contribution >= 0.6 is 0 Å². The highest BCUT2D eigenvalue weighted by molar-refractivity contribution is 7.89. The fourth-order valence-electron chi connectivity index (χ4n) is 3.40. The minimum atomic E-state index is -3.89. The zero-order valence-corrected chi connectivity index (χ0v) is 15.8. The van der Waals surface area contributed by atoms with Crippen molar-refractivity contribution in [3.8, 4) is 17.2 Å². The number of rotatable bonds is 4. The van der Waals surface area contributed by atoms with E-state index in [9.17, 15) is 18.3 Å². The van der Waals surface area contributed by atoms with Crippen LogP contribution < -0.4 is 14.8 Å². The van der Waals surface area contributed by atoms with E-state index in [1.54, 1.807) is 24.3 Å². The third-order valence-corrected chi connectivity index (χ3v) is 6.69. The summed E-state index contributed by atoms with van der Waals surface area (Å²) in [6.45, 7) is 1.02. The van der Waals surface area contributed by atoms with Gasteiger partial charge in [0.1, 0.15) is 25.0 Å². The number of para-hydroxylation sites is 2. The lowest BCUT2D eigenvalue weighted by Gasteiger charge is -2.24. The molecule has 148 valence electrons. The predicted octanol–water partition coefficient (Wildman–Crippen LogP) is 1.96. The van der Waals surface area contributed by atoms with Gasteiger partial charge >= 0.3 is 0 Å². The molecule has 1 fully saturated rings. The van der Waals surface area contributed by atoms with Crippen LogP contribution in [0.1, 0.15) is 12.8 Å². The molecule has 1 unspecified atom stereocenters. The van der Waals surface area contributed by atoms with Crippen LogP contribution in [0, 0.1) is 0 Å². The Morgan fingerprint density at radius 3 is 2.64 bits per heavy atom. The van der Waals surface area contributed by atoms with Gasteiger partial charge in [-0.25, -0.2) is 8.42 Å². The number of phenolic OH excluding ortho intramolecular Hbond substituents is 1. The summed E-state index contributed by atoms with van der Waals surface area (Å²) >= 11 is 0. The van der Waals surface area contributed by atoms with Crippen LogP contribution in [0.15, 0.2) is 47.4 Å². The number of amides is 1. The second kappa shape index (κ2) is 7.33. The second-order valence-electron chi connectivity index (χ2n) is 6.59. The van der Waals surface area contributed by atoms with Gasteiger partial charge in [0.2, 0.25) is 15.9 Å². The molecule has 1 saturated heterocycles. The van der Waals surface area contributed by atoms with E-state index in [-0.39, 0.29) is 22.9 Å². The summed E-state index contributed by atoms with van der Waals surface area (Å²) in [5.74, 6) is 0.331. The Kier molecular flexibility index (Phi) is 4.86. The van der Waals surface area contributed by atoms with Gasteiger partial charge < -0.3 is 19.9 Å². The number of carbonyl (C=O) groups is 1. The van der Waals surface area contributed by atoms with E-state index >= 15 is 0 Å². The molecule has 0 radical (unpaired) electrons. The highest BCUT2D eigenvalue weighted by Crippen LogP contribution is 2.35. The first kappa shape index (κ1) is 18.6. The van der Waals surface area contributed by atoms with Crippen molar-refractivity contribution in [1.82, 2.24) is 4.31 Å². The molecule has 1 atom stereocenters. The van der Waals surface area contributed by atoms with Crippen LogP contribution in [0.4, 0.5) is 5.69 Å². The molecule has 2 N–H and O–H groups in total. The van der Waals surface area contributed by atoms with Crippen LogP contribution in [0.2, 0.25) is 0 Å². The molecule has 28 heavy (non-hydrogen) atoms. The van der Waals surface area contributed by atoms with Crippen LogP contribution in [0.5, 0.6) is 17.2 Å². The largest absolute Gasteiger partial charge is 0.506 e. The van der Waals surface area contributed by atoms with Gasteiger partial charge in [0.15, 0.2) is 11.5 Å². The molecule has 2 aliphatic heterocycles. The Labute approximate surface area is 162 Å². The first-order chi connectivity index (χ1) is 13.5. The number of benzene rings is 2. The monoisotopic (exact) mass is 404 g/mol. The number of fused-ring (bicyclic) bond motifs is 1. The summed E-state index contributed by atoms with van der Waals surface area (Å²) in [7, 11) is -3.89. The first-order valence-corrected chi connectivity index (χ1v) is 10.4. The number of sulfonamides is 1. The van der Waals surface area contributed by atoms with E-state index in [0.717, 1.165) is 0 Å². The summed E-state index contributed by atoms with van der Waals surface area (Å²) in [6, 6.07) is 9.93. The van der Waals surface area contributed by atoms with Crippen molar-refractivity contribution in [2.75, 3.05) is 25.1 Å². The Hall–Kier alpha value is -2.78. The standard InChI is InChI=1S/C19H20N2O6S/c22-16-6-2-1-4-14(16)20-19(23)15-5-3-9-21(15)28(24,25)13-7-8-17-18(12-13)27-11-10-26-17/h1-2,4,6-8,12,15,22H,3,5,9-11H2,(H,20,23). The van der Waals surface area contributed by atoms with Crippen molar-refractivity contribution >= 4 is 21.6 Å². The number of nitrogens with one attached hydrogen (secondary N) is 1. The third kappa shape index (κ3) is 3.38. The summed E-state index contributed by atoms with van der Waals surface area (Å²) in [4.78, 5) is 12.8. The molecule has 1 amide bonds. The number of ether oxygens (including phenoxy) is 2. The molecule has 0 aliphatic carbocycles. The number of hydrogen-bond donors (Lipinski definition) is 2. The maximum absolute atomic E-state index is 13.2. The van der Waals surface area contributed by atoms with E-state index in [0.29, 0.717) is 37.6 Å². The highest BCUT2D eigenvalue weighted by Gasteiger charge is 2.40. The molecule has 8 nitrogen and oxygen atoms in total. The molecule has 0 aromatic heterocycles. The number of nitrogens with zero attached hydrogens (tertiary/aromatic N) is 1. The normalized spacial score (nSPS) is 19.4. The zero-order chi connectivity index (χ0) is 19.7. The predicted molar refractivity (Wildman–Crippen MR) is 101 cm³/mol. The van der Waals surface area contributed by atoms with Crippen molar-refractivity contribution in [2.45, 2.75) is 23.8 Å². The molecule has 2 aliphatic rings. The fraction of sp³-hybridized carbons (Fsp3) is 0.316. The van der Waals surface area contributed by atoms with E-state index < -0.39 is 22.0 Å². The molecular formula is C19H20N2O6S. The van der Waals surface area contributed by atoms with Gasteiger partial charge in [0.05, 0.1) is 10.6 Å². The quantitative estimate of drug-likeness (QED) is 0.755. The molecule has 0 saturated carbocycles. The Morgan fingerprint density at radius 1 is 1.11 bits per heavy atom. The molecule has 4 rings (SSSR count). The number of carbonyl (C=O) groups excluding carboxylic acids is 1. The van der Waals surface area contributed by atoms with Crippen LogP contribution in [-0.2, 0) is 14.8 Å². The van der Waals surface area contributed by atoms with Crippen LogP contribution in [-0.4, -0.2) is 49.5 Å². The molecule has 2 aromatic rings. The van der Waals surface area contributed by atoms with Gasteiger partial charge in [-0.15, -0.1) is 0 Å². The van der Waals surface area contributed by atoms with Crippen molar-refractivity contribution in [3.63, 3.8) is 0 Å². The maximum Gasteiger partial charge on any atom is 0.243 e. The van der Waals surface area contributed by atoms with Gasteiger partial charge in [-0.05, 0) is 37.1 Å². The molecule has 2 aromatic carbocycles. The summed E-state index contributed by atoms with van der Waals surface area (Å²) in [6.07, 6.45) is 0.978. The average Bonchev–Trinajstić information content (AvgIpc) is 3.20. The smallest absolute Gasteiger partial charge is 0.243 e. The topological polar surface area (TPSA) is 105 Å². The van der Waals surface area contributed by atoms with Crippen molar-refractivity contribution < 1.29 is 27.8 Å². The van der Waals surface area contributed by atoms with Crippen LogP contribution in [0.25, 0.3) is 0 Å². The number of phenols is 1. The molecule has 2 heterocycles. The fourth-order valence-corrected chi connectivity index (χ4v) is 5.08. The number of aromatic hydroxyl groups is 1. The lowest BCUT2D eigenvalue weighted by Crippen LogP contribution is -2.43. The second-order valence-corrected chi connectivity index (χ2v) is 8.48.